The van der Waals surface area contributed by atoms with E-state index in [1.165, 1.54) is 31.4 Å². The summed E-state index contributed by atoms with van der Waals surface area (Å²) in [5.41, 5.74) is 0.640. The van der Waals surface area contributed by atoms with Crippen LogP contribution in [0.3, 0.4) is 0 Å². The highest BCUT2D eigenvalue weighted by Gasteiger charge is 2.18. The molecule has 0 atom stereocenters. The Morgan fingerprint density at radius 1 is 1.29 bits per heavy atom. The van der Waals surface area contributed by atoms with Gasteiger partial charge in [-0.15, -0.1) is 0 Å². The van der Waals surface area contributed by atoms with Gasteiger partial charge in [0.25, 0.3) is 5.91 Å². The summed E-state index contributed by atoms with van der Waals surface area (Å²) in [5, 5.41) is 21.3. The number of H-pyrrole nitrogens is 1. The van der Waals surface area contributed by atoms with Crippen LogP contribution in [-0.2, 0) is 0 Å². The van der Waals surface area contributed by atoms with Crippen molar-refractivity contribution in [2.45, 2.75) is 6.92 Å². The summed E-state index contributed by atoms with van der Waals surface area (Å²) in [5.74, 6) is -1.64. The first kappa shape index (κ1) is 14.4. The lowest BCUT2D eigenvalue weighted by molar-refractivity contribution is 0.0692. The molecule has 7 heteroatoms. The van der Waals surface area contributed by atoms with Gasteiger partial charge in [-0.25, -0.2) is 4.79 Å². The van der Waals surface area contributed by atoms with Crippen molar-refractivity contribution >= 4 is 17.6 Å². The molecular weight excluding hydrogens is 276 g/mol. The number of hydrogen-bond acceptors (Lipinski definition) is 4. The van der Waals surface area contributed by atoms with E-state index < -0.39 is 11.9 Å². The number of phenols is 1. The van der Waals surface area contributed by atoms with Gasteiger partial charge in [0.2, 0.25) is 0 Å². The standard InChI is InChI=1S/C14H14N2O5/c1-7-5-10(12(15-7)14(19)20)16-13(18)9-4-3-8(21-2)6-11(9)17/h3-6,15,17H,1-2H3,(H,16,18)(H,19,20). The zero-order chi connectivity index (χ0) is 15.6. The van der Waals surface area contributed by atoms with Crippen LogP contribution >= 0.6 is 0 Å². The number of carbonyl (C=O) groups excluding carboxylic acids is 1. The molecule has 1 heterocycles. The molecule has 0 fully saturated rings. The highest BCUT2D eigenvalue weighted by molar-refractivity contribution is 6.08. The van der Waals surface area contributed by atoms with Gasteiger partial charge in [0.05, 0.1) is 18.4 Å². The molecule has 7 nitrogen and oxygen atoms in total. The summed E-state index contributed by atoms with van der Waals surface area (Å²) in [4.78, 5) is 25.8. The number of aryl methyl sites for hydroxylation is 1. The number of ether oxygens (including phenoxy) is 1. The fourth-order valence-corrected chi connectivity index (χ4v) is 1.88. The Bertz CT molecular complexity index is 705. The molecule has 0 unspecified atom stereocenters. The number of carbonyl (C=O) groups is 2. The van der Waals surface area contributed by atoms with Crippen molar-refractivity contribution < 1.29 is 24.5 Å². The molecule has 110 valence electrons. The minimum Gasteiger partial charge on any atom is -0.507 e. The second kappa shape index (κ2) is 5.58. The van der Waals surface area contributed by atoms with E-state index >= 15 is 0 Å². The molecule has 1 aromatic carbocycles. The van der Waals surface area contributed by atoms with Crippen LogP contribution in [0.1, 0.15) is 26.5 Å². The van der Waals surface area contributed by atoms with Crippen molar-refractivity contribution in [3.63, 3.8) is 0 Å². The number of aromatic amines is 1. The van der Waals surface area contributed by atoms with Crippen LogP contribution in [0.5, 0.6) is 11.5 Å². The van der Waals surface area contributed by atoms with Crippen LogP contribution < -0.4 is 10.1 Å². The second-order valence-corrected chi connectivity index (χ2v) is 4.38. The normalized spacial score (nSPS) is 10.2. The largest absolute Gasteiger partial charge is 0.507 e. The van der Waals surface area contributed by atoms with Crippen LogP contribution in [0.2, 0.25) is 0 Å². The predicted octanol–water partition coefficient (Wildman–Crippen LogP) is 1.99. The molecule has 0 spiro atoms. The molecule has 0 radical (unpaired) electrons. The Hall–Kier alpha value is -2.96. The molecule has 21 heavy (non-hydrogen) atoms. The van der Waals surface area contributed by atoms with E-state index in [0.717, 1.165) is 0 Å². The average Bonchev–Trinajstić information content (AvgIpc) is 2.79. The zero-order valence-electron chi connectivity index (χ0n) is 11.4. The van der Waals surface area contributed by atoms with Crippen LogP contribution in [0.15, 0.2) is 24.3 Å². The van der Waals surface area contributed by atoms with E-state index in [-0.39, 0.29) is 22.7 Å². The Balaban J connectivity index is 2.28. The maximum Gasteiger partial charge on any atom is 0.354 e. The first-order chi connectivity index (χ1) is 9.92. The van der Waals surface area contributed by atoms with E-state index in [4.69, 9.17) is 9.84 Å². The van der Waals surface area contributed by atoms with Gasteiger partial charge in [0.1, 0.15) is 17.2 Å². The van der Waals surface area contributed by atoms with Crippen LogP contribution in [-0.4, -0.2) is 34.2 Å². The SMILES string of the molecule is COc1ccc(C(=O)Nc2cc(C)[nH]c2C(=O)O)c(O)c1. The summed E-state index contributed by atoms with van der Waals surface area (Å²) in [6.45, 7) is 1.67. The molecule has 1 aromatic heterocycles. The molecule has 2 rings (SSSR count). The van der Waals surface area contributed by atoms with Crippen molar-refractivity contribution in [2.75, 3.05) is 12.4 Å². The summed E-state index contributed by atoms with van der Waals surface area (Å²) < 4.78 is 4.93. The van der Waals surface area contributed by atoms with Crippen molar-refractivity contribution in [2.24, 2.45) is 0 Å². The van der Waals surface area contributed by atoms with E-state index in [9.17, 15) is 14.7 Å². The number of amides is 1. The second-order valence-electron chi connectivity index (χ2n) is 4.38. The van der Waals surface area contributed by atoms with Crippen molar-refractivity contribution in [1.82, 2.24) is 4.98 Å². The van der Waals surface area contributed by atoms with Gasteiger partial charge in [-0.05, 0) is 25.1 Å². The molecule has 0 bridgehead atoms. The number of aromatic carboxylic acids is 1. The lowest BCUT2D eigenvalue weighted by Crippen LogP contribution is -2.14. The fraction of sp³-hybridized carbons (Fsp3) is 0.143. The Labute approximate surface area is 120 Å². The van der Waals surface area contributed by atoms with E-state index in [1.807, 2.05) is 0 Å². The topological polar surface area (TPSA) is 112 Å². The molecule has 0 aliphatic heterocycles. The zero-order valence-corrected chi connectivity index (χ0v) is 11.4. The van der Waals surface area contributed by atoms with Gasteiger partial charge < -0.3 is 25.3 Å². The third-order valence-electron chi connectivity index (χ3n) is 2.86. The molecule has 4 N–H and O–H groups in total. The first-order valence-electron chi connectivity index (χ1n) is 6.03. The highest BCUT2D eigenvalue weighted by Crippen LogP contribution is 2.25. The minimum atomic E-state index is -1.18. The number of carboxylic acid groups (broad SMARTS) is 1. The number of nitrogens with one attached hydrogen (secondary N) is 2. The van der Waals surface area contributed by atoms with Crippen molar-refractivity contribution in [1.29, 1.82) is 0 Å². The number of aromatic hydroxyl groups is 1. The van der Waals surface area contributed by atoms with E-state index in [1.54, 1.807) is 6.92 Å². The van der Waals surface area contributed by atoms with Gasteiger partial charge in [-0.2, -0.15) is 0 Å². The van der Waals surface area contributed by atoms with Gasteiger partial charge >= 0.3 is 5.97 Å². The summed E-state index contributed by atoms with van der Waals surface area (Å²) in [7, 11) is 1.44. The monoisotopic (exact) mass is 290 g/mol. The number of hydrogen-bond donors (Lipinski definition) is 4. The maximum absolute atomic E-state index is 12.1. The maximum atomic E-state index is 12.1. The highest BCUT2D eigenvalue weighted by atomic mass is 16.5. The van der Waals surface area contributed by atoms with Gasteiger partial charge in [0.15, 0.2) is 0 Å². The summed E-state index contributed by atoms with van der Waals surface area (Å²) >= 11 is 0. The smallest absolute Gasteiger partial charge is 0.354 e. The first-order valence-corrected chi connectivity index (χ1v) is 6.03. The van der Waals surface area contributed by atoms with Gasteiger partial charge in [0, 0.05) is 11.8 Å². The number of anilines is 1. The van der Waals surface area contributed by atoms with Crippen LogP contribution in [0.25, 0.3) is 0 Å². The van der Waals surface area contributed by atoms with E-state index in [2.05, 4.69) is 10.3 Å². The summed E-state index contributed by atoms with van der Waals surface area (Å²) in [6, 6.07) is 5.72. The lowest BCUT2D eigenvalue weighted by atomic mass is 10.1. The summed E-state index contributed by atoms with van der Waals surface area (Å²) in [6.07, 6.45) is 0. The molecule has 1 amide bonds. The van der Waals surface area contributed by atoms with Gasteiger partial charge in [-0.1, -0.05) is 0 Å². The Morgan fingerprint density at radius 3 is 2.57 bits per heavy atom. The molecule has 2 aromatic rings. The number of rotatable bonds is 4. The van der Waals surface area contributed by atoms with E-state index in [0.29, 0.717) is 11.4 Å². The quantitative estimate of drug-likeness (QED) is 0.688. The molecule has 0 saturated carbocycles. The van der Waals surface area contributed by atoms with Crippen molar-refractivity contribution in [3.8, 4) is 11.5 Å². The predicted molar refractivity (Wildman–Crippen MR) is 75.1 cm³/mol. The third-order valence-corrected chi connectivity index (χ3v) is 2.86. The fourth-order valence-electron chi connectivity index (χ4n) is 1.88. The lowest BCUT2D eigenvalue weighted by Gasteiger charge is -2.07. The minimum absolute atomic E-state index is 0.0194. The molecule has 0 saturated heterocycles. The van der Waals surface area contributed by atoms with Crippen LogP contribution in [0.4, 0.5) is 5.69 Å². The Kier molecular flexibility index (Phi) is 3.84. The number of methoxy groups -OCH3 is 1. The third kappa shape index (κ3) is 2.97. The molecule has 0 aliphatic rings. The molecule has 0 aliphatic carbocycles. The molecular formula is C14H14N2O5. The number of carboxylic acids is 1. The van der Waals surface area contributed by atoms with Gasteiger partial charge in [-0.3, -0.25) is 4.79 Å². The average molecular weight is 290 g/mol. The van der Waals surface area contributed by atoms with Crippen LogP contribution in [0, 0.1) is 6.92 Å². The Morgan fingerprint density at radius 2 is 2.00 bits per heavy atom. The number of benzene rings is 1. The number of phenolic OH excluding ortho intramolecular Hbond substituents is 1. The number of aromatic nitrogens is 1. The van der Waals surface area contributed by atoms with Crippen molar-refractivity contribution in [3.05, 3.63) is 41.2 Å².